The van der Waals surface area contributed by atoms with Gasteiger partial charge < -0.3 is 16.4 Å². The molecule has 0 heterocycles. The molecule has 0 aliphatic rings. The van der Waals surface area contributed by atoms with E-state index in [1.165, 1.54) is 0 Å². The third-order valence-electron chi connectivity index (χ3n) is 2.32. The SMILES string of the molecule is CC(C)NC(=O)c1cc(N)cc(C(=O)NC(C)C)c1. The largest absolute Gasteiger partial charge is 0.399 e. The minimum Gasteiger partial charge on any atom is -0.399 e. The third kappa shape index (κ3) is 4.62. The molecule has 5 heteroatoms. The van der Waals surface area contributed by atoms with Gasteiger partial charge in [-0.25, -0.2) is 0 Å². The molecule has 1 rings (SSSR count). The number of carbonyl (C=O) groups is 2. The number of anilines is 1. The minimum atomic E-state index is -0.235. The molecule has 5 nitrogen and oxygen atoms in total. The van der Waals surface area contributed by atoms with Crippen molar-refractivity contribution in [2.45, 2.75) is 39.8 Å². The second-order valence-corrected chi connectivity index (χ2v) is 5.10. The minimum absolute atomic E-state index is 0.0295. The summed E-state index contributed by atoms with van der Waals surface area (Å²) in [6.07, 6.45) is 0. The summed E-state index contributed by atoms with van der Waals surface area (Å²) < 4.78 is 0. The highest BCUT2D eigenvalue weighted by Crippen LogP contribution is 2.12. The fourth-order valence-electron chi connectivity index (χ4n) is 1.60. The van der Waals surface area contributed by atoms with Crippen LogP contribution in [0.5, 0.6) is 0 Å². The first-order valence-corrected chi connectivity index (χ1v) is 6.32. The van der Waals surface area contributed by atoms with Crippen LogP contribution in [0.2, 0.25) is 0 Å². The Morgan fingerprint density at radius 2 is 1.26 bits per heavy atom. The lowest BCUT2D eigenvalue weighted by atomic mass is 10.1. The Morgan fingerprint density at radius 1 is 0.895 bits per heavy atom. The molecule has 104 valence electrons. The summed E-state index contributed by atoms with van der Waals surface area (Å²) in [5, 5.41) is 5.53. The van der Waals surface area contributed by atoms with Crippen molar-refractivity contribution in [2.75, 3.05) is 5.73 Å². The summed E-state index contributed by atoms with van der Waals surface area (Å²) in [4.78, 5) is 23.8. The summed E-state index contributed by atoms with van der Waals surface area (Å²) in [5.74, 6) is -0.471. The zero-order valence-electron chi connectivity index (χ0n) is 11.8. The second kappa shape index (κ2) is 6.22. The van der Waals surface area contributed by atoms with Crippen molar-refractivity contribution in [3.05, 3.63) is 29.3 Å². The highest BCUT2D eigenvalue weighted by Gasteiger charge is 2.13. The van der Waals surface area contributed by atoms with Gasteiger partial charge in [-0.15, -0.1) is 0 Å². The maximum absolute atomic E-state index is 11.9. The maximum atomic E-state index is 11.9. The zero-order valence-corrected chi connectivity index (χ0v) is 11.8. The molecule has 0 aromatic heterocycles. The maximum Gasteiger partial charge on any atom is 0.251 e. The van der Waals surface area contributed by atoms with Crippen molar-refractivity contribution < 1.29 is 9.59 Å². The summed E-state index contributed by atoms with van der Waals surface area (Å²) in [6, 6.07) is 4.73. The monoisotopic (exact) mass is 263 g/mol. The number of hydrogen-bond acceptors (Lipinski definition) is 3. The Morgan fingerprint density at radius 3 is 1.58 bits per heavy atom. The quantitative estimate of drug-likeness (QED) is 0.720. The molecule has 0 fully saturated rings. The topological polar surface area (TPSA) is 84.2 Å². The Hall–Kier alpha value is -2.04. The predicted octanol–water partition coefficient (Wildman–Crippen LogP) is 1.55. The fourth-order valence-corrected chi connectivity index (χ4v) is 1.60. The third-order valence-corrected chi connectivity index (χ3v) is 2.32. The summed E-state index contributed by atoms with van der Waals surface area (Å²) in [6.45, 7) is 7.49. The van der Waals surface area contributed by atoms with Gasteiger partial charge in [0.15, 0.2) is 0 Å². The number of hydrogen-bond donors (Lipinski definition) is 3. The zero-order chi connectivity index (χ0) is 14.6. The van der Waals surface area contributed by atoms with Crippen LogP contribution in [0.3, 0.4) is 0 Å². The molecular weight excluding hydrogens is 242 g/mol. The van der Waals surface area contributed by atoms with Gasteiger partial charge in [-0.2, -0.15) is 0 Å². The van der Waals surface area contributed by atoms with E-state index in [1.54, 1.807) is 18.2 Å². The van der Waals surface area contributed by atoms with Gasteiger partial charge in [0.25, 0.3) is 11.8 Å². The number of amides is 2. The van der Waals surface area contributed by atoms with Gasteiger partial charge >= 0.3 is 0 Å². The lowest BCUT2D eigenvalue weighted by molar-refractivity contribution is 0.0942. The number of carbonyl (C=O) groups excluding carboxylic acids is 2. The van der Waals surface area contributed by atoms with Crippen LogP contribution in [0.15, 0.2) is 18.2 Å². The van der Waals surface area contributed by atoms with Crippen LogP contribution in [-0.4, -0.2) is 23.9 Å². The molecule has 0 atom stereocenters. The van der Waals surface area contributed by atoms with E-state index in [0.29, 0.717) is 16.8 Å². The Bertz CT molecular complexity index is 441. The highest BCUT2D eigenvalue weighted by molar-refractivity contribution is 6.01. The Labute approximate surface area is 113 Å². The highest BCUT2D eigenvalue weighted by atomic mass is 16.2. The molecule has 1 aromatic rings. The number of benzene rings is 1. The van der Waals surface area contributed by atoms with Crippen molar-refractivity contribution >= 4 is 17.5 Å². The summed E-state index contributed by atoms with van der Waals surface area (Å²) in [5.41, 5.74) is 6.91. The van der Waals surface area contributed by atoms with Crippen LogP contribution in [0.4, 0.5) is 5.69 Å². The first kappa shape index (κ1) is 15.0. The van der Waals surface area contributed by atoms with E-state index in [1.807, 2.05) is 27.7 Å². The molecule has 0 bridgehead atoms. The van der Waals surface area contributed by atoms with Crippen molar-refractivity contribution in [1.29, 1.82) is 0 Å². The number of nitrogens with two attached hydrogens (primary N) is 1. The summed E-state index contributed by atoms with van der Waals surface area (Å²) >= 11 is 0. The summed E-state index contributed by atoms with van der Waals surface area (Å²) in [7, 11) is 0. The van der Waals surface area contributed by atoms with Crippen molar-refractivity contribution in [2.24, 2.45) is 0 Å². The molecule has 1 aromatic carbocycles. The van der Waals surface area contributed by atoms with E-state index in [0.717, 1.165) is 0 Å². The van der Waals surface area contributed by atoms with E-state index in [2.05, 4.69) is 10.6 Å². The number of rotatable bonds is 4. The molecule has 2 amide bonds. The average Bonchev–Trinajstić information content (AvgIpc) is 2.26. The second-order valence-electron chi connectivity index (χ2n) is 5.10. The van der Waals surface area contributed by atoms with Crippen LogP contribution >= 0.6 is 0 Å². The first-order valence-electron chi connectivity index (χ1n) is 6.32. The van der Waals surface area contributed by atoms with Gasteiger partial charge in [0.2, 0.25) is 0 Å². The van der Waals surface area contributed by atoms with Gasteiger partial charge in [-0.05, 0) is 45.9 Å². The molecule has 0 saturated carbocycles. The van der Waals surface area contributed by atoms with E-state index in [9.17, 15) is 9.59 Å². The standard InChI is InChI=1S/C14H21N3O2/c1-8(2)16-13(18)10-5-11(7-12(15)6-10)14(19)17-9(3)4/h5-9H,15H2,1-4H3,(H,16,18)(H,17,19). The van der Waals surface area contributed by atoms with Gasteiger partial charge in [-0.1, -0.05) is 0 Å². The number of nitrogens with one attached hydrogen (secondary N) is 2. The molecule has 0 spiro atoms. The molecule has 0 aliphatic carbocycles. The van der Waals surface area contributed by atoms with Gasteiger partial charge in [-0.3, -0.25) is 9.59 Å². The Balaban J connectivity index is 3.00. The lowest BCUT2D eigenvalue weighted by Crippen LogP contribution is -2.32. The normalized spacial score (nSPS) is 10.6. The van der Waals surface area contributed by atoms with Crippen molar-refractivity contribution in [1.82, 2.24) is 10.6 Å². The van der Waals surface area contributed by atoms with E-state index < -0.39 is 0 Å². The van der Waals surface area contributed by atoms with E-state index in [-0.39, 0.29) is 23.9 Å². The van der Waals surface area contributed by atoms with Gasteiger partial charge in [0, 0.05) is 28.9 Å². The number of nitrogen functional groups attached to an aromatic ring is 1. The van der Waals surface area contributed by atoms with E-state index >= 15 is 0 Å². The van der Waals surface area contributed by atoms with Crippen molar-refractivity contribution in [3.8, 4) is 0 Å². The Kier molecular flexibility index (Phi) is 4.92. The van der Waals surface area contributed by atoms with Gasteiger partial charge in [0.05, 0.1) is 0 Å². The molecule has 0 saturated heterocycles. The molecule has 4 N–H and O–H groups in total. The molecule has 0 unspecified atom stereocenters. The van der Waals surface area contributed by atoms with Crippen LogP contribution in [0, 0.1) is 0 Å². The predicted molar refractivity (Wildman–Crippen MR) is 76.1 cm³/mol. The fraction of sp³-hybridized carbons (Fsp3) is 0.429. The van der Waals surface area contributed by atoms with Crippen LogP contribution < -0.4 is 16.4 Å². The smallest absolute Gasteiger partial charge is 0.251 e. The van der Waals surface area contributed by atoms with Crippen LogP contribution in [0.1, 0.15) is 48.4 Å². The lowest BCUT2D eigenvalue weighted by Gasteiger charge is -2.12. The van der Waals surface area contributed by atoms with Gasteiger partial charge in [0.1, 0.15) is 0 Å². The van der Waals surface area contributed by atoms with Crippen LogP contribution in [-0.2, 0) is 0 Å². The average molecular weight is 263 g/mol. The molecular formula is C14H21N3O2. The van der Waals surface area contributed by atoms with Crippen molar-refractivity contribution in [3.63, 3.8) is 0 Å². The molecule has 0 radical (unpaired) electrons. The molecule has 0 aliphatic heterocycles. The molecule has 19 heavy (non-hydrogen) atoms. The first-order chi connectivity index (χ1) is 8.79. The van der Waals surface area contributed by atoms with Crippen LogP contribution in [0.25, 0.3) is 0 Å². The van der Waals surface area contributed by atoms with E-state index in [4.69, 9.17) is 5.73 Å².